The Morgan fingerprint density at radius 2 is 1.43 bits per heavy atom. The Morgan fingerprint density at radius 1 is 0.905 bits per heavy atom. The molecule has 0 heterocycles. The number of benzene rings is 2. The van der Waals surface area contributed by atoms with Gasteiger partial charge < -0.3 is 9.47 Å². The summed E-state index contributed by atoms with van der Waals surface area (Å²) in [7, 11) is 3.21. The van der Waals surface area contributed by atoms with E-state index in [-0.39, 0.29) is 0 Å². The van der Waals surface area contributed by atoms with E-state index >= 15 is 0 Å². The average Bonchev–Trinajstić information content (AvgIpc) is 2.48. The highest BCUT2D eigenvalue weighted by atomic mass is 79.9. The fraction of sp³-hybridized carbons (Fsp3) is 0.250. The number of rotatable bonds is 3. The van der Waals surface area contributed by atoms with Crippen LogP contribution in [0.4, 0.5) is 0 Å². The van der Waals surface area contributed by atoms with Crippen molar-refractivity contribution in [1.29, 1.82) is 0 Å². The predicted molar refractivity (Wildman–Crippen MR) is 93.4 cm³/mol. The zero-order chi connectivity index (χ0) is 15.8. The number of ether oxygens (including phenoxy) is 2. The van der Waals surface area contributed by atoms with Crippen LogP contribution >= 0.6 is 39.1 Å². The van der Waals surface area contributed by atoms with Crippen LogP contribution in [-0.2, 0) is 5.33 Å². The third-order valence-corrected chi connectivity index (χ3v) is 3.92. The van der Waals surface area contributed by atoms with E-state index in [2.05, 4.69) is 15.9 Å². The number of alkyl halides is 1. The van der Waals surface area contributed by atoms with Crippen molar-refractivity contribution in [3.05, 3.63) is 57.6 Å². The van der Waals surface area contributed by atoms with E-state index in [9.17, 15) is 0 Å². The summed E-state index contributed by atoms with van der Waals surface area (Å²) in [5.74, 6) is 1.45. The molecule has 0 aliphatic carbocycles. The molecule has 2 aromatic carbocycles. The van der Waals surface area contributed by atoms with Crippen LogP contribution in [0.1, 0.15) is 11.1 Å². The highest BCUT2D eigenvalue weighted by Crippen LogP contribution is 2.25. The van der Waals surface area contributed by atoms with Crippen molar-refractivity contribution in [3.63, 3.8) is 0 Å². The van der Waals surface area contributed by atoms with Crippen molar-refractivity contribution < 1.29 is 9.47 Å². The molecule has 114 valence electrons. The molecule has 0 saturated heterocycles. The highest BCUT2D eigenvalue weighted by molar-refractivity contribution is 9.08. The first-order chi connectivity index (χ1) is 10.0. The third-order valence-electron chi connectivity index (χ3n) is 2.68. The van der Waals surface area contributed by atoms with Crippen molar-refractivity contribution in [2.45, 2.75) is 12.3 Å². The molecule has 0 saturated carbocycles. The van der Waals surface area contributed by atoms with Gasteiger partial charge in [-0.3, -0.25) is 0 Å². The summed E-state index contributed by atoms with van der Waals surface area (Å²) < 4.78 is 9.97. The van der Waals surface area contributed by atoms with Gasteiger partial charge >= 0.3 is 0 Å². The second-order valence-electron chi connectivity index (χ2n) is 4.24. The normalized spacial score (nSPS) is 9.62. The average molecular weight is 392 g/mol. The summed E-state index contributed by atoms with van der Waals surface area (Å²) in [4.78, 5) is 0. The van der Waals surface area contributed by atoms with E-state index in [1.165, 1.54) is 0 Å². The van der Waals surface area contributed by atoms with Crippen LogP contribution in [0, 0.1) is 6.92 Å². The van der Waals surface area contributed by atoms with Gasteiger partial charge in [0.05, 0.1) is 24.3 Å². The zero-order valence-corrected chi connectivity index (χ0v) is 15.2. The number of aryl methyl sites for hydroxylation is 1. The molecular weight excluding hydrogens is 375 g/mol. The van der Waals surface area contributed by atoms with Crippen LogP contribution in [0.25, 0.3) is 0 Å². The summed E-state index contributed by atoms with van der Waals surface area (Å²) in [5.41, 5.74) is 2.29. The largest absolute Gasteiger partial charge is 0.495 e. The van der Waals surface area contributed by atoms with E-state index in [1.54, 1.807) is 14.2 Å². The smallest absolute Gasteiger partial charge is 0.137 e. The molecule has 0 aliphatic heterocycles. The van der Waals surface area contributed by atoms with Crippen LogP contribution in [0.3, 0.4) is 0 Å². The lowest BCUT2D eigenvalue weighted by molar-refractivity contribution is 0.415. The van der Waals surface area contributed by atoms with Gasteiger partial charge in [0.2, 0.25) is 0 Å². The highest BCUT2D eigenvalue weighted by Gasteiger charge is 1.99. The van der Waals surface area contributed by atoms with Crippen molar-refractivity contribution in [1.82, 2.24) is 0 Å². The fourth-order valence-electron chi connectivity index (χ4n) is 1.56. The van der Waals surface area contributed by atoms with Crippen LogP contribution in [0.15, 0.2) is 36.4 Å². The van der Waals surface area contributed by atoms with E-state index in [0.29, 0.717) is 10.0 Å². The predicted octanol–water partition coefficient (Wildman–Crippen LogP) is 5.90. The van der Waals surface area contributed by atoms with Crippen LogP contribution < -0.4 is 9.47 Å². The molecule has 0 bridgehead atoms. The summed E-state index contributed by atoms with van der Waals surface area (Å²) in [6.45, 7) is 1.99. The molecule has 2 nitrogen and oxygen atoms in total. The number of hydrogen-bond acceptors (Lipinski definition) is 2. The molecule has 21 heavy (non-hydrogen) atoms. The van der Waals surface area contributed by atoms with Crippen LogP contribution in [0.5, 0.6) is 11.5 Å². The molecule has 0 aromatic heterocycles. The zero-order valence-electron chi connectivity index (χ0n) is 12.1. The quantitative estimate of drug-likeness (QED) is 0.606. The topological polar surface area (TPSA) is 18.5 Å². The Hall–Kier alpha value is -0.900. The minimum absolute atomic E-state index is 0.657. The van der Waals surface area contributed by atoms with Crippen molar-refractivity contribution >= 4 is 39.1 Å². The molecule has 0 N–H and O–H groups in total. The second kappa shape index (κ2) is 9.19. The summed E-state index contributed by atoms with van der Waals surface area (Å²) >= 11 is 15.0. The molecule has 0 radical (unpaired) electrons. The number of methoxy groups -OCH3 is 2. The third kappa shape index (κ3) is 5.77. The Kier molecular flexibility index (Phi) is 7.94. The second-order valence-corrected chi connectivity index (χ2v) is 5.62. The monoisotopic (exact) mass is 390 g/mol. The molecule has 0 spiro atoms. The van der Waals surface area contributed by atoms with E-state index in [4.69, 9.17) is 32.7 Å². The van der Waals surface area contributed by atoms with Gasteiger partial charge in [-0.2, -0.15) is 0 Å². The molecule has 0 amide bonds. The molecule has 0 fully saturated rings. The maximum absolute atomic E-state index is 5.86. The molecule has 0 atom stereocenters. The lowest BCUT2D eigenvalue weighted by Crippen LogP contribution is -1.85. The minimum Gasteiger partial charge on any atom is -0.495 e. The van der Waals surface area contributed by atoms with Crippen molar-refractivity contribution in [3.8, 4) is 11.5 Å². The number of hydrogen-bond donors (Lipinski definition) is 0. The Labute approximate surface area is 144 Å². The van der Waals surface area contributed by atoms with Gasteiger partial charge in [0, 0.05) is 5.33 Å². The molecule has 5 heteroatoms. The van der Waals surface area contributed by atoms with Crippen LogP contribution in [-0.4, -0.2) is 14.2 Å². The van der Waals surface area contributed by atoms with Crippen LogP contribution in [0.2, 0.25) is 10.0 Å². The maximum Gasteiger partial charge on any atom is 0.137 e. The Balaban J connectivity index is 0.000000211. The van der Waals surface area contributed by atoms with Gasteiger partial charge in [0.15, 0.2) is 0 Å². The lowest BCUT2D eigenvalue weighted by atomic mass is 10.2. The van der Waals surface area contributed by atoms with Gasteiger partial charge in [-0.15, -0.1) is 0 Å². The van der Waals surface area contributed by atoms with Gasteiger partial charge in [-0.25, -0.2) is 0 Å². The van der Waals surface area contributed by atoms with Gasteiger partial charge in [-0.05, 0) is 42.3 Å². The molecule has 2 rings (SSSR count). The number of halogens is 3. The molecular formula is C16H17BrCl2O2. The fourth-order valence-corrected chi connectivity index (χ4v) is 2.51. The SMILES string of the molecule is COc1ccc(C)cc1Cl.COc1ccc(CBr)cc1Cl. The standard InChI is InChI=1S/C8H8BrClO.C8H9ClO/c1-11-8-3-2-6(5-9)4-7(8)10;1-6-3-4-8(10-2)7(9)5-6/h2-4H,5H2,1H3;3-5H,1-2H3. The molecule has 0 aliphatic rings. The van der Waals surface area contributed by atoms with E-state index in [0.717, 1.165) is 28.0 Å². The van der Waals surface area contributed by atoms with E-state index in [1.807, 2.05) is 43.3 Å². The molecule has 2 aromatic rings. The Bertz CT molecular complexity index is 588. The minimum atomic E-state index is 0.657. The summed E-state index contributed by atoms with van der Waals surface area (Å²) in [5, 5.41) is 2.14. The summed E-state index contributed by atoms with van der Waals surface area (Å²) in [6.07, 6.45) is 0. The van der Waals surface area contributed by atoms with Gasteiger partial charge in [0.1, 0.15) is 11.5 Å². The van der Waals surface area contributed by atoms with Crippen molar-refractivity contribution in [2.75, 3.05) is 14.2 Å². The van der Waals surface area contributed by atoms with E-state index < -0.39 is 0 Å². The van der Waals surface area contributed by atoms with Gasteiger partial charge in [-0.1, -0.05) is 51.3 Å². The molecule has 0 unspecified atom stereocenters. The van der Waals surface area contributed by atoms with Crippen molar-refractivity contribution in [2.24, 2.45) is 0 Å². The first kappa shape index (κ1) is 18.1. The first-order valence-electron chi connectivity index (χ1n) is 6.20. The van der Waals surface area contributed by atoms with Gasteiger partial charge in [0.25, 0.3) is 0 Å². The maximum atomic E-state index is 5.86. The first-order valence-corrected chi connectivity index (χ1v) is 8.08. The lowest BCUT2D eigenvalue weighted by Gasteiger charge is -2.02. The Morgan fingerprint density at radius 3 is 1.86 bits per heavy atom. The summed E-state index contributed by atoms with van der Waals surface area (Å²) in [6, 6.07) is 11.4.